The summed E-state index contributed by atoms with van der Waals surface area (Å²) >= 11 is 0. The van der Waals surface area contributed by atoms with Crippen LogP contribution < -0.4 is 10.1 Å². The highest BCUT2D eigenvalue weighted by Gasteiger charge is 2.06. The maximum atomic E-state index is 12.8. The van der Waals surface area contributed by atoms with Gasteiger partial charge in [-0.3, -0.25) is 4.79 Å². The third kappa shape index (κ3) is 4.31. The fourth-order valence-electron chi connectivity index (χ4n) is 2.10. The van der Waals surface area contributed by atoms with Gasteiger partial charge in [0.1, 0.15) is 11.6 Å². The third-order valence-corrected chi connectivity index (χ3v) is 3.23. The van der Waals surface area contributed by atoms with Crippen LogP contribution in [0, 0.1) is 12.7 Å². The number of amides is 1. The molecule has 0 aliphatic carbocycles. The number of carbonyl (C=O) groups excluding carboxylic acids is 1. The molecule has 0 saturated heterocycles. The molecule has 0 heterocycles. The van der Waals surface area contributed by atoms with Gasteiger partial charge in [-0.1, -0.05) is 24.3 Å². The van der Waals surface area contributed by atoms with Crippen molar-refractivity contribution in [2.45, 2.75) is 19.9 Å². The van der Waals surface area contributed by atoms with Crippen molar-refractivity contribution in [2.75, 3.05) is 7.11 Å². The van der Waals surface area contributed by atoms with Crippen molar-refractivity contribution in [3.8, 4) is 5.75 Å². The Morgan fingerprint density at radius 3 is 2.43 bits per heavy atom. The standard InChI is InChI=1S/C17H18FNO2/c1-12-9-14(5-8-16(12)21-2)10-17(20)19-11-13-3-6-15(18)7-4-13/h3-9H,10-11H2,1-2H3,(H,19,20). The minimum Gasteiger partial charge on any atom is -0.496 e. The molecule has 2 rings (SSSR count). The Labute approximate surface area is 123 Å². The first kappa shape index (κ1) is 15.0. The van der Waals surface area contributed by atoms with E-state index in [1.165, 1.54) is 12.1 Å². The second kappa shape index (κ2) is 6.88. The summed E-state index contributed by atoms with van der Waals surface area (Å²) in [6.07, 6.45) is 0.312. The molecule has 0 aliphatic rings. The van der Waals surface area contributed by atoms with Gasteiger partial charge in [-0.05, 0) is 41.8 Å². The number of carbonyl (C=O) groups is 1. The van der Waals surface area contributed by atoms with Crippen LogP contribution in [0.2, 0.25) is 0 Å². The maximum absolute atomic E-state index is 12.8. The minimum atomic E-state index is -0.279. The molecule has 110 valence electrons. The second-order valence-electron chi connectivity index (χ2n) is 4.88. The van der Waals surface area contributed by atoms with Gasteiger partial charge >= 0.3 is 0 Å². The highest BCUT2D eigenvalue weighted by Crippen LogP contribution is 2.18. The van der Waals surface area contributed by atoms with Crippen molar-refractivity contribution in [3.63, 3.8) is 0 Å². The van der Waals surface area contributed by atoms with Gasteiger partial charge in [0.2, 0.25) is 5.91 Å². The normalized spacial score (nSPS) is 10.2. The highest BCUT2D eigenvalue weighted by molar-refractivity contribution is 5.78. The van der Waals surface area contributed by atoms with Crippen molar-refractivity contribution in [3.05, 3.63) is 65.0 Å². The Bertz CT molecular complexity index is 623. The summed E-state index contributed by atoms with van der Waals surface area (Å²) in [6, 6.07) is 11.8. The number of hydrogen-bond donors (Lipinski definition) is 1. The molecule has 0 fully saturated rings. The Morgan fingerprint density at radius 1 is 1.14 bits per heavy atom. The zero-order chi connectivity index (χ0) is 15.2. The fourth-order valence-corrected chi connectivity index (χ4v) is 2.10. The molecule has 1 amide bonds. The lowest BCUT2D eigenvalue weighted by Crippen LogP contribution is -2.24. The summed E-state index contributed by atoms with van der Waals surface area (Å²) in [6.45, 7) is 2.34. The molecule has 4 heteroatoms. The molecule has 1 N–H and O–H groups in total. The molecule has 0 radical (unpaired) electrons. The first-order valence-corrected chi connectivity index (χ1v) is 6.73. The summed E-state index contributed by atoms with van der Waals surface area (Å²) < 4.78 is 18.0. The molecule has 2 aromatic carbocycles. The van der Waals surface area contributed by atoms with Crippen LogP contribution in [-0.2, 0) is 17.8 Å². The van der Waals surface area contributed by atoms with E-state index < -0.39 is 0 Å². The molecule has 0 aliphatic heterocycles. The number of benzene rings is 2. The average Bonchev–Trinajstić information content (AvgIpc) is 2.47. The number of nitrogens with one attached hydrogen (secondary N) is 1. The number of methoxy groups -OCH3 is 1. The lowest BCUT2D eigenvalue weighted by atomic mass is 10.1. The van der Waals surface area contributed by atoms with E-state index in [2.05, 4.69) is 5.32 Å². The van der Waals surface area contributed by atoms with Gasteiger partial charge in [-0.2, -0.15) is 0 Å². The van der Waals surface area contributed by atoms with Crippen LogP contribution in [0.1, 0.15) is 16.7 Å². The topological polar surface area (TPSA) is 38.3 Å². The molecular formula is C17H18FNO2. The van der Waals surface area contributed by atoms with Crippen LogP contribution in [0.3, 0.4) is 0 Å². The van der Waals surface area contributed by atoms with E-state index in [0.717, 1.165) is 22.4 Å². The maximum Gasteiger partial charge on any atom is 0.224 e. The average molecular weight is 287 g/mol. The molecule has 21 heavy (non-hydrogen) atoms. The van der Waals surface area contributed by atoms with Gasteiger partial charge in [0.05, 0.1) is 13.5 Å². The van der Waals surface area contributed by atoms with E-state index in [-0.39, 0.29) is 11.7 Å². The minimum absolute atomic E-state index is 0.0658. The lowest BCUT2D eigenvalue weighted by molar-refractivity contribution is -0.120. The number of halogens is 1. The summed E-state index contributed by atoms with van der Waals surface area (Å²) in [7, 11) is 1.62. The van der Waals surface area contributed by atoms with E-state index in [1.807, 2.05) is 25.1 Å². The van der Waals surface area contributed by atoms with E-state index in [0.29, 0.717) is 13.0 Å². The number of aryl methyl sites for hydroxylation is 1. The molecule has 0 aromatic heterocycles. The van der Waals surface area contributed by atoms with Crippen molar-refractivity contribution in [2.24, 2.45) is 0 Å². The molecule has 3 nitrogen and oxygen atoms in total. The van der Waals surface area contributed by atoms with E-state index in [4.69, 9.17) is 4.74 Å². The number of ether oxygens (including phenoxy) is 1. The lowest BCUT2D eigenvalue weighted by Gasteiger charge is -2.08. The number of rotatable bonds is 5. The Balaban J connectivity index is 1.89. The fraction of sp³-hybridized carbons (Fsp3) is 0.235. The summed E-state index contributed by atoms with van der Waals surface area (Å²) in [5.74, 6) is 0.466. The highest BCUT2D eigenvalue weighted by atomic mass is 19.1. The van der Waals surface area contributed by atoms with Crippen molar-refractivity contribution < 1.29 is 13.9 Å². The largest absolute Gasteiger partial charge is 0.496 e. The van der Waals surface area contributed by atoms with Crippen molar-refractivity contribution in [1.29, 1.82) is 0 Å². The number of hydrogen-bond acceptors (Lipinski definition) is 2. The first-order chi connectivity index (χ1) is 10.1. The van der Waals surface area contributed by atoms with Gasteiger partial charge in [-0.25, -0.2) is 4.39 Å². The predicted molar refractivity (Wildman–Crippen MR) is 79.7 cm³/mol. The van der Waals surface area contributed by atoms with Gasteiger partial charge in [-0.15, -0.1) is 0 Å². The monoisotopic (exact) mass is 287 g/mol. The zero-order valence-corrected chi connectivity index (χ0v) is 12.2. The Hall–Kier alpha value is -2.36. The Morgan fingerprint density at radius 2 is 1.81 bits per heavy atom. The summed E-state index contributed by atoms with van der Waals surface area (Å²) in [4.78, 5) is 11.9. The quantitative estimate of drug-likeness (QED) is 0.918. The van der Waals surface area contributed by atoms with Gasteiger partial charge in [0.25, 0.3) is 0 Å². The van der Waals surface area contributed by atoms with Gasteiger partial charge < -0.3 is 10.1 Å². The van der Waals surface area contributed by atoms with Crippen LogP contribution in [-0.4, -0.2) is 13.0 Å². The first-order valence-electron chi connectivity index (χ1n) is 6.73. The third-order valence-electron chi connectivity index (χ3n) is 3.23. The Kier molecular flexibility index (Phi) is 4.93. The van der Waals surface area contributed by atoms with E-state index in [9.17, 15) is 9.18 Å². The second-order valence-corrected chi connectivity index (χ2v) is 4.88. The van der Waals surface area contributed by atoms with Crippen LogP contribution in [0.5, 0.6) is 5.75 Å². The molecule has 0 unspecified atom stereocenters. The molecule has 0 bridgehead atoms. The summed E-state index contributed by atoms with van der Waals surface area (Å²) in [5.41, 5.74) is 2.81. The predicted octanol–water partition coefficient (Wildman–Crippen LogP) is 3.00. The van der Waals surface area contributed by atoms with Crippen LogP contribution in [0.25, 0.3) is 0 Å². The van der Waals surface area contributed by atoms with Crippen LogP contribution >= 0.6 is 0 Å². The van der Waals surface area contributed by atoms with Gasteiger partial charge in [0.15, 0.2) is 0 Å². The molecule has 0 atom stereocenters. The van der Waals surface area contributed by atoms with Gasteiger partial charge in [0, 0.05) is 6.54 Å². The molecular weight excluding hydrogens is 269 g/mol. The summed E-state index contributed by atoms with van der Waals surface area (Å²) in [5, 5.41) is 2.82. The van der Waals surface area contributed by atoms with E-state index >= 15 is 0 Å². The smallest absolute Gasteiger partial charge is 0.224 e. The molecule has 2 aromatic rings. The molecule has 0 spiro atoms. The van der Waals surface area contributed by atoms with Crippen LogP contribution in [0.4, 0.5) is 4.39 Å². The molecule has 0 saturated carbocycles. The van der Waals surface area contributed by atoms with Crippen molar-refractivity contribution >= 4 is 5.91 Å². The van der Waals surface area contributed by atoms with Crippen LogP contribution in [0.15, 0.2) is 42.5 Å². The zero-order valence-electron chi connectivity index (χ0n) is 12.2. The SMILES string of the molecule is COc1ccc(CC(=O)NCc2ccc(F)cc2)cc1C. The van der Waals surface area contributed by atoms with E-state index in [1.54, 1.807) is 19.2 Å². The van der Waals surface area contributed by atoms with Crippen molar-refractivity contribution in [1.82, 2.24) is 5.32 Å².